The Labute approximate surface area is 128 Å². The standard InChI is InChI=1S/C16H24N2O.ClH/c1-13-12-18(10-9-17-13)15(19)11-16(2,3)14-7-5-4-6-8-14;/h4-8,13,17H,9-12H2,1-3H3;1H. The highest BCUT2D eigenvalue weighted by atomic mass is 35.5. The lowest BCUT2D eigenvalue weighted by molar-refractivity contribution is -0.133. The van der Waals surface area contributed by atoms with E-state index >= 15 is 0 Å². The number of hydrogen-bond donors (Lipinski definition) is 1. The van der Waals surface area contributed by atoms with Crippen molar-refractivity contribution in [2.45, 2.75) is 38.6 Å². The molecule has 1 saturated heterocycles. The maximum absolute atomic E-state index is 12.4. The van der Waals surface area contributed by atoms with Crippen molar-refractivity contribution < 1.29 is 4.79 Å². The third-order valence-corrected chi connectivity index (χ3v) is 3.87. The quantitative estimate of drug-likeness (QED) is 0.930. The van der Waals surface area contributed by atoms with Crippen LogP contribution in [0.5, 0.6) is 0 Å². The molecule has 1 N–H and O–H groups in total. The van der Waals surface area contributed by atoms with E-state index in [1.165, 1.54) is 5.56 Å². The molecular formula is C16H25ClN2O. The Morgan fingerprint density at radius 2 is 2.00 bits per heavy atom. The maximum atomic E-state index is 12.4. The Morgan fingerprint density at radius 1 is 1.35 bits per heavy atom. The third kappa shape index (κ3) is 4.22. The van der Waals surface area contributed by atoms with E-state index in [2.05, 4.69) is 38.2 Å². The molecule has 1 fully saturated rings. The Hall–Kier alpha value is -1.06. The molecule has 1 aliphatic heterocycles. The fourth-order valence-corrected chi connectivity index (χ4v) is 2.64. The first-order chi connectivity index (χ1) is 8.99. The molecule has 0 radical (unpaired) electrons. The maximum Gasteiger partial charge on any atom is 0.223 e. The van der Waals surface area contributed by atoms with E-state index < -0.39 is 0 Å². The minimum atomic E-state index is -0.105. The second kappa shape index (κ2) is 7.09. The average molecular weight is 297 g/mol. The van der Waals surface area contributed by atoms with E-state index in [-0.39, 0.29) is 23.7 Å². The highest BCUT2D eigenvalue weighted by molar-refractivity contribution is 5.85. The fourth-order valence-electron chi connectivity index (χ4n) is 2.64. The van der Waals surface area contributed by atoms with E-state index in [0.29, 0.717) is 12.5 Å². The van der Waals surface area contributed by atoms with Gasteiger partial charge in [-0.3, -0.25) is 4.79 Å². The van der Waals surface area contributed by atoms with Gasteiger partial charge in [-0.15, -0.1) is 12.4 Å². The van der Waals surface area contributed by atoms with Gasteiger partial charge in [0.2, 0.25) is 5.91 Å². The van der Waals surface area contributed by atoms with E-state index in [0.717, 1.165) is 19.6 Å². The molecule has 20 heavy (non-hydrogen) atoms. The second-order valence-electron chi connectivity index (χ2n) is 6.12. The number of carbonyl (C=O) groups is 1. The third-order valence-electron chi connectivity index (χ3n) is 3.87. The molecule has 1 aliphatic rings. The summed E-state index contributed by atoms with van der Waals surface area (Å²) in [5.74, 6) is 0.266. The average Bonchev–Trinajstić information content (AvgIpc) is 2.39. The summed E-state index contributed by atoms with van der Waals surface area (Å²) in [5, 5.41) is 3.37. The first kappa shape index (κ1) is 17.0. The van der Waals surface area contributed by atoms with Gasteiger partial charge in [0.15, 0.2) is 0 Å². The Kier molecular flexibility index (Phi) is 6.03. The molecule has 0 aliphatic carbocycles. The van der Waals surface area contributed by atoms with E-state index in [4.69, 9.17) is 0 Å². The Morgan fingerprint density at radius 3 is 2.60 bits per heavy atom. The SMILES string of the molecule is CC1CN(C(=O)CC(C)(C)c2ccccc2)CCN1.Cl. The van der Waals surface area contributed by atoms with Crippen LogP contribution in [0.2, 0.25) is 0 Å². The summed E-state index contributed by atoms with van der Waals surface area (Å²) in [6.45, 7) is 8.97. The minimum absolute atomic E-state index is 0. The van der Waals surface area contributed by atoms with E-state index in [1.54, 1.807) is 0 Å². The number of carbonyl (C=O) groups excluding carboxylic acids is 1. The van der Waals surface area contributed by atoms with Crippen molar-refractivity contribution in [3.8, 4) is 0 Å². The molecule has 3 nitrogen and oxygen atoms in total. The van der Waals surface area contributed by atoms with Crippen LogP contribution in [0.15, 0.2) is 30.3 Å². The summed E-state index contributed by atoms with van der Waals surface area (Å²) in [5.41, 5.74) is 1.12. The molecule has 4 heteroatoms. The lowest BCUT2D eigenvalue weighted by Gasteiger charge is -2.34. The van der Waals surface area contributed by atoms with Gasteiger partial charge in [0.1, 0.15) is 0 Å². The van der Waals surface area contributed by atoms with Crippen LogP contribution in [0, 0.1) is 0 Å². The molecule has 0 bridgehead atoms. The van der Waals surface area contributed by atoms with Crippen LogP contribution >= 0.6 is 12.4 Å². The summed E-state index contributed by atoms with van der Waals surface area (Å²) < 4.78 is 0. The van der Waals surface area contributed by atoms with Crippen LogP contribution < -0.4 is 5.32 Å². The Balaban J connectivity index is 0.00000200. The predicted molar refractivity (Wildman–Crippen MR) is 85.4 cm³/mol. The van der Waals surface area contributed by atoms with Crippen molar-refractivity contribution in [1.29, 1.82) is 0 Å². The number of nitrogens with one attached hydrogen (secondary N) is 1. The molecule has 1 aromatic carbocycles. The normalized spacial score (nSPS) is 19.4. The number of nitrogens with zero attached hydrogens (tertiary/aromatic N) is 1. The van der Waals surface area contributed by atoms with Gasteiger partial charge in [-0.25, -0.2) is 0 Å². The van der Waals surface area contributed by atoms with Crippen LogP contribution in [0.3, 0.4) is 0 Å². The lowest BCUT2D eigenvalue weighted by atomic mass is 9.81. The molecular weight excluding hydrogens is 272 g/mol. The van der Waals surface area contributed by atoms with Gasteiger partial charge in [-0.1, -0.05) is 44.2 Å². The van der Waals surface area contributed by atoms with Crippen LogP contribution in [0.1, 0.15) is 32.8 Å². The molecule has 112 valence electrons. The molecule has 1 unspecified atom stereocenters. The minimum Gasteiger partial charge on any atom is -0.340 e. The number of benzene rings is 1. The van der Waals surface area contributed by atoms with Gasteiger partial charge < -0.3 is 10.2 Å². The predicted octanol–water partition coefficient (Wildman–Crippen LogP) is 2.60. The topological polar surface area (TPSA) is 32.3 Å². The molecule has 0 saturated carbocycles. The van der Waals surface area contributed by atoms with Gasteiger partial charge in [0.25, 0.3) is 0 Å². The summed E-state index contributed by atoms with van der Waals surface area (Å²) in [6.07, 6.45) is 0.573. The first-order valence-corrected chi connectivity index (χ1v) is 7.06. The van der Waals surface area contributed by atoms with Crippen molar-refractivity contribution >= 4 is 18.3 Å². The number of halogens is 1. The summed E-state index contributed by atoms with van der Waals surface area (Å²) >= 11 is 0. The highest BCUT2D eigenvalue weighted by Gasteiger charge is 2.28. The van der Waals surface area contributed by atoms with Gasteiger partial charge in [0, 0.05) is 32.1 Å². The smallest absolute Gasteiger partial charge is 0.223 e. The number of piperazine rings is 1. The summed E-state index contributed by atoms with van der Waals surface area (Å²) in [4.78, 5) is 14.4. The summed E-state index contributed by atoms with van der Waals surface area (Å²) in [6, 6.07) is 10.7. The molecule has 1 heterocycles. The van der Waals surface area contributed by atoms with Crippen LogP contribution in [-0.2, 0) is 10.2 Å². The Bertz CT molecular complexity index is 433. The zero-order chi connectivity index (χ0) is 13.9. The van der Waals surface area contributed by atoms with Crippen LogP contribution in [0.4, 0.5) is 0 Å². The largest absolute Gasteiger partial charge is 0.340 e. The van der Waals surface area contributed by atoms with E-state index in [9.17, 15) is 4.79 Å². The van der Waals surface area contributed by atoms with Gasteiger partial charge >= 0.3 is 0 Å². The first-order valence-electron chi connectivity index (χ1n) is 7.06. The van der Waals surface area contributed by atoms with Crippen LogP contribution in [0.25, 0.3) is 0 Å². The molecule has 1 atom stereocenters. The second-order valence-corrected chi connectivity index (χ2v) is 6.12. The van der Waals surface area contributed by atoms with Gasteiger partial charge in [0.05, 0.1) is 0 Å². The molecule has 2 rings (SSSR count). The fraction of sp³-hybridized carbons (Fsp3) is 0.562. The van der Waals surface area contributed by atoms with Gasteiger partial charge in [-0.05, 0) is 17.9 Å². The van der Waals surface area contributed by atoms with Crippen LogP contribution in [-0.4, -0.2) is 36.5 Å². The monoisotopic (exact) mass is 296 g/mol. The molecule has 0 aromatic heterocycles. The molecule has 0 spiro atoms. The van der Waals surface area contributed by atoms with E-state index in [1.807, 2.05) is 23.1 Å². The number of amides is 1. The van der Waals surface area contributed by atoms with Crippen molar-refractivity contribution in [1.82, 2.24) is 10.2 Å². The lowest BCUT2D eigenvalue weighted by Crippen LogP contribution is -2.52. The molecule has 1 aromatic rings. The zero-order valence-electron chi connectivity index (χ0n) is 12.6. The zero-order valence-corrected chi connectivity index (χ0v) is 13.4. The van der Waals surface area contributed by atoms with Gasteiger partial charge in [-0.2, -0.15) is 0 Å². The van der Waals surface area contributed by atoms with Crippen molar-refractivity contribution in [3.63, 3.8) is 0 Å². The summed E-state index contributed by atoms with van der Waals surface area (Å²) in [7, 11) is 0. The number of hydrogen-bond acceptors (Lipinski definition) is 2. The van der Waals surface area contributed by atoms with Crippen molar-refractivity contribution in [3.05, 3.63) is 35.9 Å². The van der Waals surface area contributed by atoms with Crippen molar-refractivity contribution in [2.24, 2.45) is 0 Å². The highest BCUT2D eigenvalue weighted by Crippen LogP contribution is 2.27. The molecule has 1 amide bonds. The number of rotatable bonds is 3. The van der Waals surface area contributed by atoms with Crippen molar-refractivity contribution in [2.75, 3.05) is 19.6 Å².